The molecule has 0 spiro atoms. The number of sulfonamides is 1. The molecule has 4 bridgehead atoms. The number of fused-ring (bicyclic) bond motifs is 5. The smallest absolute Gasteiger partial charge is 0.306 e. The van der Waals surface area contributed by atoms with Gasteiger partial charge in [0.2, 0.25) is 10.0 Å². The van der Waals surface area contributed by atoms with Crippen LogP contribution in [0.2, 0.25) is 0 Å². The SMILES string of the molecule is CCOC(=O)CC1CCC(C)C[C@@H]2CN(Cc3cc1ccc3C)S(=O)(=O)c1ccccc1O2. The number of carbonyl (C=O) groups is 1. The largest absolute Gasteiger partial charge is 0.488 e. The summed E-state index contributed by atoms with van der Waals surface area (Å²) in [6, 6.07) is 13.1. The van der Waals surface area contributed by atoms with Gasteiger partial charge < -0.3 is 9.47 Å². The molecule has 0 N–H and O–H groups in total. The fraction of sp³-hybridized carbons (Fsp3) is 0.500. The standard InChI is InChI=1S/C26H33NO5S/c1-4-31-26(28)15-21-11-9-18(2)13-23-17-27(16-22-14-20(21)12-10-19(22)3)33(29,30)25-8-6-5-7-24(25)32-23/h5-8,10,12,14,18,21,23H,4,9,11,13,15-17H2,1-3H3/t18?,21?,23-/m1/s1. The van der Waals surface area contributed by atoms with Crippen LogP contribution in [-0.4, -0.2) is 37.9 Å². The van der Waals surface area contributed by atoms with Crippen LogP contribution in [0.25, 0.3) is 0 Å². The van der Waals surface area contributed by atoms with Gasteiger partial charge in [0.1, 0.15) is 16.7 Å². The van der Waals surface area contributed by atoms with Crippen LogP contribution in [0.3, 0.4) is 0 Å². The molecule has 0 saturated carbocycles. The third kappa shape index (κ3) is 5.25. The lowest BCUT2D eigenvalue weighted by Crippen LogP contribution is -2.37. The fourth-order valence-corrected chi connectivity index (χ4v) is 6.45. The molecule has 0 fully saturated rings. The van der Waals surface area contributed by atoms with Crippen LogP contribution >= 0.6 is 0 Å². The first-order chi connectivity index (χ1) is 15.8. The average molecular weight is 472 g/mol. The molecule has 33 heavy (non-hydrogen) atoms. The van der Waals surface area contributed by atoms with Crippen molar-refractivity contribution in [2.75, 3.05) is 13.2 Å². The molecule has 2 aromatic carbocycles. The Balaban J connectivity index is 1.76. The van der Waals surface area contributed by atoms with Gasteiger partial charge in [-0.25, -0.2) is 8.42 Å². The number of nitrogens with zero attached hydrogens (tertiary/aromatic N) is 1. The zero-order valence-electron chi connectivity index (χ0n) is 19.6. The number of aryl methyl sites for hydroxylation is 1. The summed E-state index contributed by atoms with van der Waals surface area (Å²) in [4.78, 5) is 12.5. The van der Waals surface area contributed by atoms with E-state index in [2.05, 4.69) is 19.1 Å². The van der Waals surface area contributed by atoms with Crippen LogP contribution in [0.1, 0.15) is 62.1 Å². The summed E-state index contributed by atoms with van der Waals surface area (Å²) in [7, 11) is -3.71. The monoisotopic (exact) mass is 471 g/mol. The molecule has 3 unspecified atom stereocenters. The van der Waals surface area contributed by atoms with Gasteiger partial charge in [-0.05, 0) is 73.8 Å². The Labute approximate surface area is 196 Å². The highest BCUT2D eigenvalue weighted by Crippen LogP contribution is 2.36. The number of para-hydroxylation sites is 1. The minimum Gasteiger partial charge on any atom is -0.488 e. The number of hydrogen-bond acceptors (Lipinski definition) is 5. The van der Waals surface area contributed by atoms with Crippen molar-refractivity contribution in [2.45, 2.75) is 69.9 Å². The van der Waals surface area contributed by atoms with Crippen molar-refractivity contribution in [3.05, 3.63) is 59.2 Å². The summed E-state index contributed by atoms with van der Waals surface area (Å²) in [5.41, 5.74) is 3.05. The highest BCUT2D eigenvalue weighted by molar-refractivity contribution is 7.89. The molecule has 2 heterocycles. The van der Waals surface area contributed by atoms with Crippen molar-refractivity contribution in [3.8, 4) is 5.75 Å². The molecule has 0 amide bonds. The maximum absolute atomic E-state index is 13.6. The third-order valence-corrected chi connectivity index (χ3v) is 8.60. The first kappa shape index (κ1) is 23.8. The van der Waals surface area contributed by atoms with E-state index in [1.807, 2.05) is 26.0 Å². The lowest BCUT2D eigenvalue weighted by molar-refractivity contribution is -0.143. The van der Waals surface area contributed by atoms with Crippen LogP contribution in [0, 0.1) is 12.8 Å². The van der Waals surface area contributed by atoms with E-state index < -0.39 is 10.0 Å². The summed E-state index contributed by atoms with van der Waals surface area (Å²) in [5.74, 6) is 0.594. The number of carbonyl (C=O) groups excluding carboxylic acids is 1. The molecule has 0 radical (unpaired) electrons. The minimum absolute atomic E-state index is 0.0389. The van der Waals surface area contributed by atoms with Gasteiger partial charge in [0.15, 0.2) is 0 Å². The van der Waals surface area contributed by atoms with Crippen molar-refractivity contribution < 1.29 is 22.7 Å². The maximum Gasteiger partial charge on any atom is 0.306 e. The van der Waals surface area contributed by atoms with Crippen molar-refractivity contribution in [2.24, 2.45) is 5.92 Å². The van der Waals surface area contributed by atoms with Gasteiger partial charge in [-0.3, -0.25) is 4.79 Å². The number of benzene rings is 2. The van der Waals surface area contributed by atoms with E-state index in [0.717, 1.165) is 36.0 Å². The van der Waals surface area contributed by atoms with Crippen LogP contribution < -0.4 is 4.74 Å². The number of hydrogen-bond donors (Lipinski definition) is 0. The Kier molecular flexibility index (Phi) is 7.10. The molecule has 178 valence electrons. The zero-order chi connectivity index (χ0) is 23.6. The predicted octanol–water partition coefficient (Wildman–Crippen LogP) is 4.80. The van der Waals surface area contributed by atoms with Gasteiger partial charge in [-0.1, -0.05) is 37.3 Å². The van der Waals surface area contributed by atoms with Crippen molar-refractivity contribution in [1.29, 1.82) is 0 Å². The minimum atomic E-state index is -3.71. The van der Waals surface area contributed by atoms with Crippen LogP contribution in [0.4, 0.5) is 0 Å². The molecular formula is C26H33NO5S. The number of rotatable bonds is 3. The Morgan fingerprint density at radius 1 is 1.18 bits per heavy atom. The second-order valence-corrected chi connectivity index (χ2v) is 11.2. The molecule has 2 aromatic rings. The second-order valence-electron chi connectivity index (χ2n) is 9.29. The van der Waals surface area contributed by atoms with Crippen molar-refractivity contribution >= 4 is 16.0 Å². The molecule has 2 aliphatic heterocycles. The first-order valence-electron chi connectivity index (χ1n) is 11.8. The van der Waals surface area contributed by atoms with Crippen LogP contribution in [-0.2, 0) is 26.1 Å². The van der Waals surface area contributed by atoms with Gasteiger partial charge in [0.05, 0.1) is 19.6 Å². The van der Waals surface area contributed by atoms with E-state index in [4.69, 9.17) is 9.47 Å². The van der Waals surface area contributed by atoms with E-state index >= 15 is 0 Å². The molecule has 0 aromatic heterocycles. The normalized spacial score (nSPS) is 26.5. The average Bonchev–Trinajstić information content (AvgIpc) is 2.86. The Hall–Kier alpha value is -2.38. The van der Waals surface area contributed by atoms with Crippen molar-refractivity contribution in [3.63, 3.8) is 0 Å². The molecule has 6 nitrogen and oxygen atoms in total. The fourth-order valence-electron chi connectivity index (χ4n) is 4.88. The Bertz CT molecular complexity index is 1110. The molecule has 0 saturated heterocycles. The van der Waals surface area contributed by atoms with E-state index in [1.165, 1.54) is 0 Å². The number of ether oxygens (including phenoxy) is 2. The van der Waals surface area contributed by atoms with Gasteiger partial charge in [0, 0.05) is 6.54 Å². The zero-order valence-corrected chi connectivity index (χ0v) is 20.4. The topological polar surface area (TPSA) is 72.9 Å². The van der Waals surface area contributed by atoms with Gasteiger partial charge in [-0.15, -0.1) is 0 Å². The molecule has 2 aliphatic rings. The third-order valence-electron chi connectivity index (χ3n) is 6.75. The van der Waals surface area contributed by atoms with E-state index in [9.17, 15) is 13.2 Å². The first-order valence-corrected chi connectivity index (χ1v) is 13.2. The molecular weight excluding hydrogens is 438 g/mol. The summed E-state index contributed by atoms with van der Waals surface area (Å²) >= 11 is 0. The summed E-state index contributed by atoms with van der Waals surface area (Å²) in [5, 5.41) is 0. The Morgan fingerprint density at radius 2 is 1.97 bits per heavy atom. The summed E-state index contributed by atoms with van der Waals surface area (Å²) in [6.07, 6.45) is 2.63. The van der Waals surface area contributed by atoms with Crippen LogP contribution in [0.5, 0.6) is 5.75 Å². The van der Waals surface area contributed by atoms with Gasteiger partial charge >= 0.3 is 5.97 Å². The Morgan fingerprint density at radius 3 is 2.76 bits per heavy atom. The lowest BCUT2D eigenvalue weighted by Gasteiger charge is -2.28. The van der Waals surface area contributed by atoms with E-state index in [-0.39, 0.29) is 29.4 Å². The quantitative estimate of drug-likeness (QED) is 0.601. The van der Waals surface area contributed by atoms with Gasteiger partial charge in [-0.2, -0.15) is 4.31 Å². The van der Waals surface area contributed by atoms with E-state index in [0.29, 0.717) is 31.2 Å². The maximum atomic E-state index is 13.6. The summed E-state index contributed by atoms with van der Waals surface area (Å²) in [6.45, 7) is 6.95. The van der Waals surface area contributed by atoms with E-state index in [1.54, 1.807) is 22.5 Å². The highest BCUT2D eigenvalue weighted by Gasteiger charge is 2.36. The summed E-state index contributed by atoms with van der Waals surface area (Å²) < 4.78 is 40.3. The molecule has 7 heteroatoms. The lowest BCUT2D eigenvalue weighted by atomic mass is 9.85. The highest BCUT2D eigenvalue weighted by atomic mass is 32.2. The van der Waals surface area contributed by atoms with Gasteiger partial charge in [0.25, 0.3) is 0 Å². The molecule has 4 atom stereocenters. The van der Waals surface area contributed by atoms with Crippen LogP contribution in [0.15, 0.2) is 47.4 Å². The van der Waals surface area contributed by atoms with Crippen molar-refractivity contribution in [1.82, 2.24) is 4.31 Å². The molecule has 4 rings (SSSR count). The molecule has 0 aliphatic carbocycles. The number of esters is 1. The predicted molar refractivity (Wildman–Crippen MR) is 127 cm³/mol. The second kappa shape index (κ2) is 9.85.